The van der Waals surface area contributed by atoms with E-state index in [2.05, 4.69) is 54.4 Å². The van der Waals surface area contributed by atoms with Crippen molar-refractivity contribution in [1.82, 2.24) is 4.98 Å². The highest BCUT2D eigenvalue weighted by Crippen LogP contribution is 2.45. The van der Waals surface area contributed by atoms with Gasteiger partial charge < -0.3 is 9.47 Å². The molecule has 2 aromatic carbocycles. The van der Waals surface area contributed by atoms with Gasteiger partial charge in [0.1, 0.15) is 11.4 Å². The van der Waals surface area contributed by atoms with Crippen LogP contribution in [-0.2, 0) is 15.1 Å². The van der Waals surface area contributed by atoms with E-state index in [-0.39, 0.29) is 17.1 Å². The molecule has 4 nitrogen and oxygen atoms in total. The first-order valence-electron chi connectivity index (χ1n) is 10.6. The summed E-state index contributed by atoms with van der Waals surface area (Å²) in [5, 5.41) is 1.29. The maximum atomic E-state index is 12.5. The fourth-order valence-corrected chi connectivity index (χ4v) is 6.45. The lowest BCUT2D eigenvalue weighted by Gasteiger charge is -2.25. The fourth-order valence-electron chi connectivity index (χ4n) is 4.06. The van der Waals surface area contributed by atoms with Gasteiger partial charge in [0.2, 0.25) is 0 Å². The molecule has 0 radical (unpaired) electrons. The second-order valence-electron chi connectivity index (χ2n) is 8.49. The molecule has 0 spiro atoms. The SMILES string of the molecule is Cc1cc(-[s+]2c(C)cc3ccccc32)cc(C)c1OCC(=O)OC(C)(C)c1ccncc1. The molecule has 0 saturated carbocycles. The van der Waals surface area contributed by atoms with Crippen molar-refractivity contribution in [3.05, 3.63) is 88.6 Å². The van der Waals surface area contributed by atoms with Gasteiger partial charge in [0.25, 0.3) is 0 Å². The molecule has 0 amide bonds. The highest BCUT2D eigenvalue weighted by Gasteiger charge is 2.26. The Morgan fingerprint density at radius 1 is 0.969 bits per heavy atom. The van der Waals surface area contributed by atoms with Gasteiger partial charge in [-0.05, 0) is 68.7 Å². The van der Waals surface area contributed by atoms with E-state index in [0.717, 1.165) is 22.4 Å². The van der Waals surface area contributed by atoms with Crippen molar-refractivity contribution in [3.63, 3.8) is 0 Å². The van der Waals surface area contributed by atoms with Crippen molar-refractivity contribution in [2.24, 2.45) is 0 Å². The van der Waals surface area contributed by atoms with Gasteiger partial charge in [-0.15, -0.1) is 0 Å². The molecule has 2 aromatic heterocycles. The molecule has 4 rings (SSSR count). The Morgan fingerprint density at radius 3 is 2.31 bits per heavy atom. The van der Waals surface area contributed by atoms with Crippen LogP contribution in [0.5, 0.6) is 5.75 Å². The van der Waals surface area contributed by atoms with Gasteiger partial charge in [-0.2, -0.15) is 0 Å². The average Bonchev–Trinajstić information content (AvgIpc) is 3.09. The van der Waals surface area contributed by atoms with Crippen LogP contribution in [0.1, 0.15) is 35.4 Å². The predicted molar refractivity (Wildman–Crippen MR) is 131 cm³/mol. The third-order valence-corrected chi connectivity index (χ3v) is 7.85. The number of carbonyl (C=O) groups is 1. The number of rotatable bonds is 6. The van der Waals surface area contributed by atoms with Gasteiger partial charge in [0.05, 0.1) is 0 Å². The Hall–Kier alpha value is -3.18. The summed E-state index contributed by atoms with van der Waals surface area (Å²) in [6.45, 7) is 9.84. The van der Waals surface area contributed by atoms with Crippen LogP contribution >= 0.6 is 10.5 Å². The molecule has 1 atom stereocenters. The number of carbonyl (C=O) groups excluding carboxylic acids is 1. The van der Waals surface area contributed by atoms with Gasteiger partial charge in [-0.1, -0.05) is 12.1 Å². The first-order valence-corrected chi connectivity index (χ1v) is 11.9. The Bertz CT molecular complexity index is 1250. The molecule has 164 valence electrons. The van der Waals surface area contributed by atoms with Crippen LogP contribution in [0.2, 0.25) is 0 Å². The Balaban J connectivity index is 1.52. The highest BCUT2D eigenvalue weighted by atomic mass is 32.2. The topological polar surface area (TPSA) is 48.4 Å². The summed E-state index contributed by atoms with van der Waals surface area (Å²) < 4.78 is 13.0. The molecule has 0 aliphatic carbocycles. The fraction of sp³-hybridized carbons (Fsp3) is 0.259. The van der Waals surface area contributed by atoms with E-state index in [0.29, 0.717) is 0 Å². The van der Waals surface area contributed by atoms with Gasteiger partial charge in [-0.25, -0.2) is 4.79 Å². The molecular weight excluding hydrogens is 418 g/mol. The van der Waals surface area contributed by atoms with Crippen LogP contribution in [-0.4, -0.2) is 17.6 Å². The van der Waals surface area contributed by atoms with Crippen molar-refractivity contribution < 1.29 is 14.3 Å². The van der Waals surface area contributed by atoms with Gasteiger partial charge >= 0.3 is 5.97 Å². The summed E-state index contributed by atoms with van der Waals surface area (Å²) in [5.74, 6) is 0.338. The van der Waals surface area contributed by atoms with Crippen molar-refractivity contribution in [3.8, 4) is 10.6 Å². The van der Waals surface area contributed by atoms with Crippen LogP contribution in [0.15, 0.2) is 67.0 Å². The number of benzene rings is 2. The summed E-state index contributed by atoms with van der Waals surface area (Å²) in [6.07, 6.45) is 3.38. The Labute approximate surface area is 191 Å². The van der Waals surface area contributed by atoms with Crippen molar-refractivity contribution in [2.75, 3.05) is 6.61 Å². The Morgan fingerprint density at radius 2 is 1.62 bits per heavy atom. The lowest BCUT2D eigenvalue weighted by Crippen LogP contribution is -2.28. The zero-order chi connectivity index (χ0) is 22.9. The van der Waals surface area contributed by atoms with Crippen LogP contribution in [0.4, 0.5) is 0 Å². The zero-order valence-corrected chi connectivity index (χ0v) is 20.0. The lowest BCUT2D eigenvalue weighted by atomic mass is 9.99. The normalized spacial score (nSPS) is 12.1. The van der Waals surface area contributed by atoms with Crippen molar-refractivity contribution in [1.29, 1.82) is 0 Å². The van der Waals surface area contributed by atoms with Crippen LogP contribution in [0.25, 0.3) is 15.0 Å². The van der Waals surface area contributed by atoms with E-state index in [1.807, 2.05) is 39.8 Å². The third kappa shape index (κ3) is 4.39. The number of aromatic nitrogens is 1. The number of thiophene rings is 1. The first kappa shape index (κ1) is 22.0. The molecule has 32 heavy (non-hydrogen) atoms. The molecule has 2 heterocycles. The summed E-state index contributed by atoms with van der Waals surface area (Å²) in [4.78, 5) is 19.2. The van der Waals surface area contributed by atoms with Crippen LogP contribution in [0, 0.1) is 20.8 Å². The van der Waals surface area contributed by atoms with E-state index in [9.17, 15) is 4.79 Å². The smallest absolute Gasteiger partial charge is 0.345 e. The molecule has 0 fully saturated rings. The molecule has 1 unspecified atom stereocenters. The minimum atomic E-state index is -0.752. The zero-order valence-electron chi connectivity index (χ0n) is 19.1. The van der Waals surface area contributed by atoms with Crippen molar-refractivity contribution in [2.45, 2.75) is 40.2 Å². The second-order valence-corrected chi connectivity index (χ2v) is 10.7. The average molecular weight is 447 g/mol. The molecule has 0 aliphatic rings. The molecule has 0 aliphatic heterocycles. The maximum Gasteiger partial charge on any atom is 0.345 e. The van der Waals surface area contributed by atoms with Crippen LogP contribution < -0.4 is 4.74 Å². The predicted octanol–water partition coefficient (Wildman–Crippen LogP) is 6.76. The molecular formula is C27H28NO3S+. The molecule has 0 N–H and O–H groups in total. The number of ether oxygens (including phenoxy) is 2. The number of pyridine rings is 1. The van der Waals surface area contributed by atoms with Gasteiger partial charge in [0, 0.05) is 53.4 Å². The van der Waals surface area contributed by atoms with E-state index < -0.39 is 11.6 Å². The number of nitrogens with zero attached hydrogens (tertiary/aromatic N) is 1. The van der Waals surface area contributed by atoms with E-state index in [1.54, 1.807) is 12.4 Å². The third-order valence-electron chi connectivity index (χ3n) is 5.57. The molecule has 5 heteroatoms. The van der Waals surface area contributed by atoms with E-state index >= 15 is 0 Å². The molecule has 0 saturated heterocycles. The van der Waals surface area contributed by atoms with E-state index in [4.69, 9.17) is 9.47 Å². The number of hydrogen-bond acceptors (Lipinski definition) is 4. The highest BCUT2D eigenvalue weighted by molar-refractivity contribution is 7.45. The quantitative estimate of drug-likeness (QED) is 0.243. The minimum Gasteiger partial charge on any atom is -0.481 e. The maximum absolute atomic E-state index is 12.5. The molecule has 0 bridgehead atoms. The second kappa shape index (κ2) is 8.75. The summed E-state index contributed by atoms with van der Waals surface area (Å²) in [5.41, 5.74) is 2.17. The number of hydrogen-bond donors (Lipinski definition) is 0. The Kier molecular flexibility index (Phi) is 6.02. The van der Waals surface area contributed by atoms with Gasteiger partial charge in [0.15, 0.2) is 21.1 Å². The number of fused-ring (bicyclic) bond motifs is 1. The summed E-state index contributed by atoms with van der Waals surface area (Å²) in [7, 11) is -0.0777. The largest absolute Gasteiger partial charge is 0.481 e. The standard InChI is InChI=1S/C27H28NO3S/c1-18-14-23(32-20(3)16-21-8-6-7-9-24(21)32)15-19(2)26(18)30-17-25(29)31-27(4,5)22-10-12-28-13-11-22/h6-16H,17H2,1-5H3/q+1. The number of esters is 1. The van der Waals surface area contributed by atoms with Crippen molar-refractivity contribution >= 4 is 26.5 Å². The number of aryl methyl sites for hydroxylation is 3. The van der Waals surface area contributed by atoms with Crippen LogP contribution in [0.3, 0.4) is 0 Å². The lowest BCUT2D eigenvalue weighted by molar-refractivity contribution is -0.159. The first-order chi connectivity index (χ1) is 15.3. The summed E-state index contributed by atoms with van der Waals surface area (Å²) in [6, 6.07) is 18.9. The minimum absolute atomic E-state index is 0.0777. The van der Waals surface area contributed by atoms with Gasteiger partial charge in [-0.3, -0.25) is 4.98 Å². The monoisotopic (exact) mass is 446 g/mol. The molecule has 4 aromatic rings. The van der Waals surface area contributed by atoms with E-state index in [1.165, 1.54) is 19.9 Å². The summed E-state index contributed by atoms with van der Waals surface area (Å²) >= 11 is 0.